The Labute approximate surface area is 286 Å². The molecule has 0 amide bonds. The number of hydrogen-bond acceptors (Lipinski definition) is 4. The minimum absolute atomic E-state index is 0.162. The van der Waals surface area contributed by atoms with Gasteiger partial charge in [-0.15, -0.1) is 0 Å². The summed E-state index contributed by atoms with van der Waals surface area (Å²) < 4.78 is 18.6. The van der Waals surface area contributed by atoms with Crippen LogP contribution in [0.25, 0.3) is 5.57 Å². The van der Waals surface area contributed by atoms with Crippen LogP contribution in [0.3, 0.4) is 0 Å². The molecule has 0 N–H and O–H groups in total. The normalized spacial score (nSPS) is 16.0. The van der Waals surface area contributed by atoms with E-state index in [1.807, 2.05) is 0 Å². The fourth-order valence-corrected chi connectivity index (χ4v) is 6.84. The van der Waals surface area contributed by atoms with E-state index in [1.54, 1.807) is 7.11 Å². The zero-order chi connectivity index (χ0) is 33.0. The molecule has 0 fully saturated rings. The van der Waals surface area contributed by atoms with Gasteiger partial charge < -0.3 is 14.2 Å². The third-order valence-corrected chi connectivity index (χ3v) is 9.19. The topological polar surface area (TPSA) is 30.9 Å². The number of hydrogen-bond donors (Lipinski definition) is 0. The van der Waals surface area contributed by atoms with Gasteiger partial charge in [0.15, 0.2) is 0 Å². The third kappa shape index (κ3) is 8.21. The Bertz CT molecular complexity index is 1590. The molecular formula is C44H47NO3. The van der Waals surface area contributed by atoms with Gasteiger partial charge in [0.2, 0.25) is 0 Å². The molecule has 6 rings (SSSR count). The van der Waals surface area contributed by atoms with E-state index in [-0.39, 0.29) is 5.92 Å². The maximum Gasteiger partial charge on any atom is 0.143 e. The summed E-state index contributed by atoms with van der Waals surface area (Å²) in [7, 11) is 1.74. The maximum absolute atomic E-state index is 7.40. The lowest BCUT2D eigenvalue weighted by atomic mass is 9.79. The molecule has 246 valence electrons. The van der Waals surface area contributed by atoms with Crippen LogP contribution in [0.2, 0.25) is 0 Å². The molecule has 1 heterocycles. The van der Waals surface area contributed by atoms with Crippen molar-refractivity contribution in [2.75, 3.05) is 40.0 Å². The van der Waals surface area contributed by atoms with Crippen LogP contribution in [0.4, 0.5) is 0 Å². The van der Waals surface area contributed by atoms with Gasteiger partial charge in [-0.25, -0.2) is 0 Å². The fraction of sp³-hybridized carbons (Fsp3) is 0.273. The summed E-state index contributed by atoms with van der Waals surface area (Å²) in [5.74, 6) is 0.533. The molecule has 0 radical (unpaired) electrons. The average molecular weight is 638 g/mol. The highest BCUT2D eigenvalue weighted by molar-refractivity contribution is 5.69. The molecule has 5 aromatic rings. The Kier molecular flexibility index (Phi) is 11.7. The molecule has 0 aromatic heterocycles. The van der Waals surface area contributed by atoms with Crippen LogP contribution in [-0.2, 0) is 33.0 Å². The number of benzene rings is 5. The molecule has 0 saturated carbocycles. The van der Waals surface area contributed by atoms with Crippen molar-refractivity contribution in [3.63, 3.8) is 0 Å². The summed E-state index contributed by atoms with van der Waals surface area (Å²) in [6, 6.07) is 51.7. The zero-order valence-electron chi connectivity index (χ0n) is 28.2. The molecular weight excluding hydrogens is 590 g/mol. The van der Waals surface area contributed by atoms with Gasteiger partial charge in [0.1, 0.15) is 5.60 Å². The first-order chi connectivity index (χ1) is 23.7. The number of methoxy groups -OCH3 is 1. The highest BCUT2D eigenvalue weighted by atomic mass is 16.5. The van der Waals surface area contributed by atoms with E-state index >= 15 is 0 Å². The molecule has 0 aliphatic carbocycles. The summed E-state index contributed by atoms with van der Waals surface area (Å²) in [6.07, 6.45) is 2.41. The monoisotopic (exact) mass is 637 g/mol. The quantitative estimate of drug-likeness (QED) is 0.107. The Morgan fingerprint density at radius 3 is 1.75 bits per heavy atom. The molecule has 0 spiro atoms. The summed E-state index contributed by atoms with van der Waals surface area (Å²) in [5.41, 5.74) is 7.67. The van der Waals surface area contributed by atoms with Gasteiger partial charge in [0, 0.05) is 38.6 Å². The lowest BCUT2D eigenvalue weighted by Gasteiger charge is -2.39. The molecule has 2 atom stereocenters. The Morgan fingerprint density at radius 2 is 1.21 bits per heavy atom. The molecule has 1 aliphatic heterocycles. The largest absolute Gasteiger partial charge is 0.384 e. The van der Waals surface area contributed by atoms with Crippen LogP contribution in [0.5, 0.6) is 0 Å². The van der Waals surface area contributed by atoms with Crippen LogP contribution in [0.15, 0.2) is 152 Å². The van der Waals surface area contributed by atoms with Crippen molar-refractivity contribution >= 4 is 5.57 Å². The number of nitrogens with zero attached hydrogens (tertiary/aromatic N) is 1. The molecule has 0 bridgehead atoms. The molecule has 0 saturated heterocycles. The highest BCUT2D eigenvalue weighted by Gasteiger charge is 2.39. The van der Waals surface area contributed by atoms with Gasteiger partial charge in [-0.1, -0.05) is 159 Å². The second kappa shape index (κ2) is 16.7. The average Bonchev–Trinajstić information content (AvgIpc) is 3.14. The summed E-state index contributed by atoms with van der Waals surface area (Å²) >= 11 is 0. The zero-order valence-corrected chi connectivity index (χ0v) is 28.2. The smallest absolute Gasteiger partial charge is 0.143 e. The van der Waals surface area contributed by atoms with Crippen LogP contribution in [0, 0.1) is 11.8 Å². The predicted molar refractivity (Wildman–Crippen MR) is 195 cm³/mol. The first-order valence-corrected chi connectivity index (χ1v) is 17.1. The van der Waals surface area contributed by atoms with E-state index < -0.39 is 5.60 Å². The van der Waals surface area contributed by atoms with Crippen molar-refractivity contribution < 1.29 is 14.2 Å². The lowest BCUT2D eigenvalue weighted by Crippen LogP contribution is -2.39. The van der Waals surface area contributed by atoms with Crippen molar-refractivity contribution in [1.82, 2.24) is 4.90 Å². The maximum atomic E-state index is 7.40. The van der Waals surface area contributed by atoms with E-state index in [9.17, 15) is 0 Å². The van der Waals surface area contributed by atoms with Gasteiger partial charge >= 0.3 is 0 Å². The van der Waals surface area contributed by atoms with Gasteiger partial charge in [-0.05, 0) is 39.0 Å². The highest BCUT2D eigenvalue weighted by Crippen LogP contribution is 2.42. The van der Waals surface area contributed by atoms with Gasteiger partial charge in [-0.2, -0.15) is 0 Å². The van der Waals surface area contributed by atoms with Crippen molar-refractivity contribution in [1.29, 1.82) is 0 Å². The first kappa shape index (κ1) is 33.6. The number of ether oxygens (including phenoxy) is 3. The van der Waals surface area contributed by atoms with Crippen LogP contribution in [0.1, 0.15) is 40.3 Å². The molecule has 4 heteroatoms. The first-order valence-electron chi connectivity index (χ1n) is 17.1. The van der Waals surface area contributed by atoms with E-state index in [2.05, 4.69) is 163 Å². The minimum atomic E-state index is -0.766. The van der Waals surface area contributed by atoms with E-state index in [1.165, 1.54) is 22.3 Å². The Balaban J connectivity index is 1.31. The van der Waals surface area contributed by atoms with E-state index in [0.717, 1.165) is 36.3 Å². The summed E-state index contributed by atoms with van der Waals surface area (Å²) in [6.45, 7) is 7.38. The van der Waals surface area contributed by atoms with Crippen LogP contribution >= 0.6 is 0 Å². The summed E-state index contributed by atoms with van der Waals surface area (Å²) in [5, 5.41) is 0. The van der Waals surface area contributed by atoms with E-state index in [4.69, 9.17) is 14.2 Å². The van der Waals surface area contributed by atoms with E-state index in [0.29, 0.717) is 32.3 Å². The SMILES string of the molecule is COCC(C)COCc1ccc(C2=CCN(Cc3ccccc3)CC2COC(c2ccccc2)(c2ccccc2)c2ccccc2)cc1. The van der Waals surface area contributed by atoms with Crippen LogP contribution < -0.4 is 0 Å². The second-order valence-electron chi connectivity index (χ2n) is 12.9. The van der Waals surface area contributed by atoms with Crippen molar-refractivity contribution in [3.8, 4) is 0 Å². The number of rotatable bonds is 15. The second-order valence-corrected chi connectivity index (χ2v) is 12.9. The predicted octanol–water partition coefficient (Wildman–Crippen LogP) is 9.01. The van der Waals surface area contributed by atoms with Gasteiger partial charge in [0.05, 0.1) is 26.4 Å². The Morgan fingerprint density at radius 1 is 0.667 bits per heavy atom. The molecule has 2 unspecified atom stereocenters. The fourth-order valence-electron chi connectivity index (χ4n) is 6.84. The van der Waals surface area contributed by atoms with Crippen molar-refractivity contribution in [2.45, 2.75) is 25.7 Å². The summed E-state index contributed by atoms with van der Waals surface area (Å²) in [4.78, 5) is 2.53. The molecule has 5 aromatic carbocycles. The Hall–Kier alpha value is -4.32. The minimum Gasteiger partial charge on any atom is -0.384 e. The van der Waals surface area contributed by atoms with Crippen LogP contribution in [-0.4, -0.2) is 44.9 Å². The van der Waals surface area contributed by atoms with Crippen molar-refractivity contribution in [2.24, 2.45) is 11.8 Å². The molecule has 1 aliphatic rings. The standard InChI is InChI=1S/C44H47NO3/c1-35(31-46-2)32-47-33-37-23-25-38(26-24-37)43-27-28-45(29-36-15-7-3-8-16-36)30-39(43)34-48-44(40-17-9-4-10-18-40,41-19-11-5-12-20-41)42-21-13-6-14-22-42/h3-27,35,39H,28-34H2,1-2H3. The van der Waals surface area contributed by atoms with Gasteiger partial charge in [-0.3, -0.25) is 4.90 Å². The third-order valence-electron chi connectivity index (χ3n) is 9.19. The molecule has 48 heavy (non-hydrogen) atoms. The molecule has 4 nitrogen and oxygen atoms in total. The lowest BCUT2D eigenvalue weighted by molar-refractivity contribution is -0.00526. The van der Waals surface area contributed by atoms with Crippen molar-refractivity contribution in [3.05, 3.63) is 185 Å². The van der Waals surface area contributed by atoms with Gasteiger partial charge in [0.25, 0.3) is 0 Å².